The van der Waals surface area contributed by atoms with Crippen molar-refractivity contribution in [2.45, 2.75) is 6.54 Å². The zero-order valence-corrected chi connectivity index (χ0v) is 11.0. The van der Waals surface area contributed by atoms with Gasteiger partial charge in [-0.3, -0.25) is 0 Å². The Balaban J connectivity index is 2.31. The first-order chi connectivity index (χ1) is 7.70. The number of hydrogen-bond acceptors (Lipinski definition) is 3. The molecule has 1 aromatic carbocycles. The van der Waals surface area contributed by atoms with Crippen LogP contribution in [0.4, 0.5) is 4.39 Å². The van der Waals surface area contributed by atoms with Crippen LogP contribution in [0.25, 0.3) is 10.6 Å². The van der Waals surface area contributed by atoms with E-state index in [9.17, 15) is 4.39 Å². The van der Waals surface area contributed by atoms with Gasteiger partial charge in [-0.05, 0) is 41.2 Å². The number of nitrogens with zero attached hydrogens (tertiary/aromatic N) is 1. The largest absolute Gasteiger partial charge is 0.315 e. The average molecular weight is 301 g/mol. The summed E-state index contributed by atoms with van der Waals surface area (Å²) in [5, 5.41) is 3.98. The van der Waals surface area contributed by atoms with Crippen LogP contribution in [-0.2, 0) is 6.54 Å². The highest BCUT2D eigenvalue weighted by Gasteiger charge is 2.06. The maximum atomic E-state index is 13.1. The Kier molecular flexibility index (Phi) is 3.68. The summed E-state index contributed by atoms with van der Waals surface area (Å²) in [5.41, 5.74) is 0.931. The predicted octanol–water partition coefficient (Wildman–Crippen LogP) is 3.43. The van der Waals surface area contributed by atoms with E-state index >= 15 is 0 Å². The van der Waals surface area contributed by atoms with Crippen molar-refractivity contribution in [2.75, 3.05) is 7.05 Å². The molecule has 1 N–H and O–H groups in total. The highest BCUT2D eigenvalue weighted by atomic mass is 79.9. The van der Waals surface area contributed by atoms with E-state index in [-0.39, 0.29) is 5.82 Å². The second kappa shape index (κ2) is 5.03. The summed E-state index contributed by atoms with van der Waals surface area (Å²) in [6.07, 6.45) is 1.84. The topological polar surface area (TPSA) is 24.9 Å². The van der Waals surface area contributed by atoms with E-state index in [4.69, 9.17) is 0 Å². The van der Waals surface area contributed by atoms with E-state index < -0.39 is 0 Å². The van der Waals surface area contributed by atoms with Gasteiger partial charge in [0, 0.05) is 23.2 Å². The molecule has 0 unspecified atom stereocenters. The van der Waals surface area contributed by atoms with Crippen molar-refractivity contribution in [3.63, 3.8) is 0 Å². The fraction of sp³-hybridized carbons (Fsp3) is 0.182. The Morgan fingerprint density at radius 1 is 1.50 bits per heavy atom. The number of aromatic nitrogens is 1. The molecule has 0 saturated carbocycles. The van der Waals surface area contributed by atoms with E-state index in [1.165, 1.54) is 6.07 Å². The minimum atomic E-state index is -0.254. The van der Waals surface area contributed by atoms with Crippen molar-refractivity contribution in [3.8, 4) is 10.6 Å². The third-order valence-corrected chi connectivity index (χ3v) is 3.73. The first kappa shape index (κ1) is 11.7. The second-order valence-corrected chi connectivity index (χ2v) is 5.26. The average Bonchev–Trinajstić information content (AvgIpc) is 2.71. The van der Waals surface area contributed by atoms with Gasteiger partial charge in [0.15, 0.2) is 0 Å². The maximum Gasteiger partial charge on any atom is 0.137 e. The summed E-state index contributed by atoms with van der Waals surface area (Å²) in [7, 11) is 1.90. The van der Waals surface area contributed by atoms with E-state index in [0.717, 1.165) is 22.0 Å². The van der Waals surface area contributed by atoms with Crippen molar-refractivity contribution in [3.05, 3.63) is 39.6 Å². The number of halogens is 2. The Morgan fingerprint density at radius 2 is 2.31 bits per heavy atom. The van der Waals surface area contributed by atoms with E-state index in [1.54, 1.807) is 23.5 Å². The Labute approximate surface area is 106 Å². The predicted molar refractivity (Wildman–Crippen MR) is 68.0 cm³/mol. The molecule has 0 spiro atoms. The molecule has 0 radical (unpaired) electrons. The van der Waals surface area contributed by atoms with Crippen LogP contribution >= 0.6 is 27.3 Å². The summed E-state index contributed by atoms with van der Waals surface area (Å²) in [5.74, 6) is -0.254. The van der Waals surface area contributed by atoms with Crippen LogP contribution < -0.4 is 5.32 Å². The van der Waals surface area contributed by atoms with Gasteiger partial charge in [-0.1, -0.05) is 0 Å². The third-order valence-electron chi connectivity index (χ3n) is 2.07. The highest BCUT2D eigenvalue weighted by Crippen LogP contribution is 2.28. The minimum Gasteiger partial charge on any atom is -0.315 e. The van der Waals surface area contributed by atoms with Crippen LogP contribution in [0.3, 0.4) is 0 Å². The molecule has 2 aromatic rings. The quantitative estimate of drug-likeness (QED) is 0.939. The number of thiazole rings is 1. The fourth-order valence-corrected chi connectivity index (χ4v) is 2.63. The van der Waals surface area contributed by atoms with E-state index in [1.807, 2.05) is 13.2 Å². The molecular formula is C11H10BrFN2S. The van der Waals surface area contributed by atoms with Crippen LogP contribution in [-0.4, -0.2) is 12.0 Å². The van der Waals surface area contributed by atoms with Crippen LogP contribution in [0.1, 0.15) is 4.88 Å². The van der Waals surface area contributed by atoms with Gasteiger partial charge in [0.05, 0.1) is 4.47 Å². The van der Waals surface area contributed by atoms with Crippen molar-refractivity contribution < 1.29 is 4.39 Å². The van der Waals surface area contributed by atoms with E-state index in [0.29, 0.717) is 4.47 Å². The normalized spacial score (nSPS) is 10.7. The smallest absolute Gasteiger partial charge is 0.137 e. The summed E-state index contributed by atoms with van der Waals surface area (Å²) < 4.78 is 13.5. The van der Waals surface area contributed by atoms with Gasteiger partial charge in [-0.2, -0.15) is 0 Å². The van der Waals surface area contributed by atoms with Crippen LogP contribution in [0.2, 0.25) is 0 Å². The molecular weight excluding hydrogens is 291 g/mol. The number of nitrogens with one attached hydrogen (secondary N) is 1. The first-order valence-electron chi connectivity index (χ1n) is 4.75. The summed E-state index contributed by atoms with van der Waals surface area (Å²) in [6, 6.07) is 4.93. The molecule has 0 fully saturated rings. The third kappa shape index (κ3) is 2.48. The molecule has 0 aliphatic heterocycles. The molecule has 84 valence electrons. The van der Waals surface area contributed by atoms with E-state index in [2.05, 4.69) is 26.2 Å². The van der Waals surface area contributed by atoms with Gasteiger partial charge in [-0.25, -0.2) is 9.37 Å². The Bertz CT molecular complexity index is 498. The zero-order chi connectivity index (χ0) is 11.5. The molecule has 0 bridgehead atoms. The molecule has 0 aliphatic rings. The lowest BCUT2D eigenvalue weighted by atomic mass is 10.2. The molecule has 0 saturated heterocycles. The number of hydrogen-bond donors (Lipinski definition) is 1. The SMILES string of the molecule is CNCc1cnc(-c2ccc(F)c(Br)c2)s1. The van der Waals surface area contributed by atoms with Crippen molar-refractivity contribution in [1.82, 2.24) is 10.3 Å². The molecule has 2 nitrogen and oxygen atoms in total. The van der Waals surface area contributed by atoms with Crippen LogP contribution in [0.5, 0.6) is 0 Å². The summed E-state index contributed by atoms with van der Waals surface area (Å²) in [4.78, 5) is 5.48. The van der Waals surface area contributed by atoms with Gasteiger partial charge in [-0.15, -0.1) is 11.3 Å². The molecule has 0 atom stereocenters. The summed E-state index contributed by atoms with van der Waals surface area (Å²) in [6.45, 7) is 0.806. The van der Waals surface area contributed by atoms with Gasteiger partial charge in [0.2, 0.25) is 0 Å². The lowest BCUT2D eigenvalue weighted by Crippen LogP contribution is -2.02. The zero-order valence-electron chi connectivity index (χ0n) is 8.63. The molecule has 0 aliphatic carbocycles. The molecule has 2 rings (SSSR count). The Hall–Kier alpha value is -0.780. The van der Waals surface area contributed by atoms with Crippen molar-refractivity contribution in [2.24, 2.45) is 0 Å². The van der Waals surface area contributed by atoms with Crippen molar-refractivity contribution in [1.29, 1.82) is 0 Å². The molecule has 0 amide bonds. The lowest BCUT2D eigenvalue weighted by Gasteiger charge is -1.98. The highest BCUT2D eigenvalue weighted by molar-refractivity contribution is 9.10. The number of rotatable bonds is 3. The summed E-state index contributed by atoms with van der Waals surface area (Å²) >= 11 is 4.78. The van der Waals surface area contributed by atoms with Crippen LogP contribution in [0, 0.1) is 5.82 Å². The molecule has 5 heteroatoms. The van der Waals surface area contributed by atoms with Crippen LogP contribution in [0.15, 0.2) is 28.9 Å². The monoisotopic (exact) mass is 300 g/mol. The number of benzene rings is 1. The lowest BCUT2D eigenvalue weighted by molar-refractivity contribution is 0.621. The first-order valence-corrected chi connectivity index (χ1v) is 6.36. The van der Waals surface area contributed by atoms with Gasteiger partial charge >= 0.3 is 0 Å². The van der Waals surface area contributed by atoms with Crippen molar-refractivity contribution >= 4 is 27.3 Å². The maximum absolute atomic E-state index is 13.1. The minimum absolute atomic E-state index is 0.254. The molecule has 1 aromatic heterocycles. The second-order valence-electron chi connectivity index (χ2n) is 3.29. The molecule has 1 heterocycles. The van der Waals surface area contributed by atoms with Gasteiger partial charge in [0.25, 0.3) is 0 Å². The van der Waals surface area contributed by atoms with Gasteiger partial charge in [0.1, 0.15) is 10.8 Å². The fourth-order valence-electron chi connectivity index (χ4n) is 1.33. The standard InChI is InChI=1S/C11H10BrFN2S/c1-14-5-8-6-15-11(16-8)7-2-3-10(13)9(12)4-7/h2-4,6,14H,5H2,1H3. The Morgan fingerprint density at radius 3 is 3.00 bits per heavy atom. The molecule has 16 heavy (non-hydrogen) atoms. The van der Waals surface area contributed by atoms with Gasteiger partial charge < -0.3 is 5.32 Å².